The lowest BCUT2D eigenvalue weighted by molar-refractivity contribution is -0.152. The van der Waals surface area contributed by atoms with E-state index in [2.05, 4.69) is 11.9 Å². The molecule has 1 fully saturated rings. The van der Waals surface area contributed by atoms with Gasteiger partial charge in [0.15, 0.2) is 0 Å². The smallest absolute Gasteiger partial charge is 0.316 e. The summed E-state index contributed by atoms with van der Waals surface area (Å²) in [5, 5.41) is 0.981. The summed E-state index contributed by atoms with van der Waals surface area (Å²) < 4.78 is 5.31. The van der Waals surface area contributed by atoms with E-state index in [4.69, 9.17) is 27.9 Å². The Labute approximate surface area is 142 Å². The van der Waals surface area contributed by atoms with Crippen molar-refractivity contribution in [2.24, 2.45) is 0 Å². The number of rotatable bonds is 3. The number of hydrogen-bond donors (Lipinski definition) is 0. The largest absolute Gasteiger partial charge is 0.465 e. The molecule has 0 aromatic heterocycles. The zero-order valence-electron chi connectivity index (χ0n) is 12.2. The topological polar surface area (TPSA) is 29.5 Å². The molecule has 1 aliphatic rings. The lowest BCUT2D eigenvalue weighted by Gasteiger charge is -2.39. The average molecular weight is 353 g/mol. The van der Waals surface area contributed by atoms with E-state index in [0.29, 0.717) is 16.7 Å². The molecule has 0 atom stereocenters. The van der Waals surface area contributed by atoms with Crippen molar-refractivity contribution in [2.75, 3.05) is 26.7 Å². The van der Waals surface area contributed by atoms with E-state index in [0.717, 1.165) is 31.5 Å². The zero-order chi connectivity index (χ0) is 14.8. The van der Waals surface area contributed by atoms with Crippen molar-refractivity contribution in [1.82, 2.24) is 4.90 Å². The lowest BCUT2D eigenvalue weighted by atomic mass is 9.73. The molecule has 1 aromatic carbocycles. The first kappa shape index (κ1) is 18.6. The van der Waals surface area contributed by atoms with Crippen molar-refractivity contribution in [3.63, 3.8) is 0 Å². The number of piperidine rings is 1. The molecular formula is C15H20Cl3NO2. The molecule has 0 unspecified atom stereocenters. The molecule has 1 heterocycles. The molecule has 6 heteroatoms. The molecule has 2 rings (SSSR count). The number of halogens is 3. The molecule has 0 spiro atoms. The molecule has 0 saturated carbocycles. The molecule has 21 heavy (non-hydrogen) atoms. The van der Waals surface area contributed by atoms with Gasteiger partial charge in [0.05, 0.1) is 22.1 Å². The van der Waals surface area contributed by atoms with Crippen molar-refractivity contribution < 1.29 is 9.53 Å². The van der Waals surface area contributed by atoms with Gasteiger partial charge in [0, 0.05) is 0 Å². The highest BCUT2D eigenvalue weighted by Crippen LogP contribution is 2.39. The van der Waals surface area contributed by atoms with Gasteiger partial charge in [0.25, 0.3) is 0 Å². The minimum Gasteiger partial charge on any atom is -0.465 e. The Hall–Kier alpha value is -0.480. The number of benzene rings is 1. The number of ether oxygens (including phenoxy) is 1. The van der Waals surface area contributed by atoms with Crippen LogP contribution in [-0.2, 0) is 14.9 Å². The van der Waals surface area contributed by atoms with Crippen LogP contribution in [0.5, 0.6) is 0 Å². The molecule has 1 aromatic rings. The third-order valence-electron chi connectivity index (χ3n) is 3.98. The number of nitrogens with zero attached hydrogens (tertiary/aromatic N) is 1. The number of carbonyl (C=O) groups excluding carboxylic acids is 1. The predicted octanol–water partition coefficient (Wildman–Crippen LogP) is 3.94. The SMILES string of the molecule is CCOC(=O)C1(c2ccc(Cl)c(Cl)c2)CCN(C)CC1.Cl. The van der Waals surface area contributed by atoms with Crippen LogP contribution in [0.2, 0.25) is 10.0 Å². The van der Waals surface area contributed by atoms with Crippen molar-refractivity contribution >= 4 is 41.6 Å². The zero-order valence-corrected chi connectivity index (χ0v) is 14.5. The molecule has 3 nitrogen and oxygen atoms in total. The van der Waals surface area contributed by atoms with E-state index in [1.54, 1.807) is 12.1 Å². The van der Waals surface area contributed by atoms with Gasteiger partial charge in [0.2, 0.25) is 0 Å². The van der Waals surface area contributed by atoms with Crippen molar-refractivity contribution in [3.05, 3.63) is 33.8 Å². The molecular weight excluding hydrogens is 333 g/mol. The first-order chi connectivity index (χ1) is 9.49. The van der Waals surface area contributed by atoms with Crippen LogP contribution in [-0.4, -0.2) is 37.6 Å². The number of carbonyl (C=O) groups is 1. The Morgan fingerprint density at radius 3 is 2.43 bits per heavy atom. The van der Waals surface area contributed by atoms with Gasteiger partial charge in [-0.3, -0.25) is 4.79 Å². The third kappa shape index (κ3) is 3.84. The fourth-order valence-corrected chi connectivity index (χ4v) is 2.97. The van der Waals surface area contributed by atoms with Crippen LogP contribution in [0.1, 0.15) is 25.3 Å². The van der Waals surface area contributed by atoms with Gasteiger partial charge >= 0.3 is 5.97 Å². The Morgan fingerprint density at radius 1 is 1.29 bits per heavy atom. The monoisotopic (exact) mass is 351 g/mol. The van der Waals surface area contributed by atoms with Crippen LogP contribution < -0.4 is 0 Å². The van der Waals surface area contributed by atoms with Crippen molar-refractivity contribution in [2.45, 2.75) is 25.2 Å². The summed E-state index contributed by atoms with van der Waals surface area (Å²) in [7, 11) is 2.06. The van der Waals surface area contributed by atoms with Gasteiger partial charge in [0.1, 0.15) is 0 Å². The second-order valence-electron chi connectivity index (χ2n) is 5.23. The van der Waals surface area contributed by atoms with E-state index in [1.807, 2.05) is 13.0 Å². The molecule has 1 aliphatic heterocycles. The first-order valence-electron chi connectivity index (χ1n) is 6.81. The van der Waals surface area contributed by atoms with E-state index in [9.17, 15) is 4.79 Å². The highest BCUT2D eigenvalue weighted by Gasteiger charge is 2.43. The predicted molar refractivity (Wildman–Crippen MR) is 88.8 cm³/mol. The maximum absolute atomic E-state index is 12.5. The minimum atomic E-state index is -0.600. The Balaban J connectivity index is 0.00000220. The van der Waals surface area contributed by atoms with E-state index >= 15 is 0 Å². The summed E-state index contributed by atoms with van der Waals surface area (Å²) >= 11 is 12.1. The highest BCUT2D eigenvalue weighted by atomic mass is 35.5. The summed E-state index contributed by atoms with van der Waals surface area (Å²) in [5.74, 6) is -0.161. The molecule has 1 saturated heterocycles. The summed E-state index contributed by atoms with van der Waals surface area (Å²) in [6, 6.07) is 5.43. The quantitative estimate of drug-likeness (QED) is 0.772. The number of esters is 1. The maximum Gasteiger partial charge on any atom is 0.316 e. The lowest BCUT2D eigenvalue weighted by Crippen LogP contribution is -2.47. The van der Waals surface area contributed by atoms with Crippen LogP contribution >= 0.6 is 35.6 Å². The first-order valence-corrected chi connectivity index (χ1v) is 7.56. The fraction of sp³-hybridized carbons (Fsp3) is 0.533. The second-order valence-corrected chi connectivity index (χ2v) is 6.05. The van der Waals surface area contributed by atoms with Gasteiger partial charge in [-0.15, -0.1) is 12.4 Å². The Bertz CT molecular complexity index is 500. The number of hydrogen-bond acceptors (Lipinski definition) is 3. The fourth-order valence-electron chi connectivity index (χ4n) is 2.67. The van der Waals surface area contributed by atoms with Gasteiger partial charge in [-0.1, -0.05) is 29.3 Å². The van der Waals surface area contributed by atoms with Crippen LogP contribution in [0.15, 0.2) is 18.2 Å². The molecule has 0 aliphatic carbocycles. The minimum absolute atomic E-state index is 0. The standard InChI is InChI=1S/C15H19Cl2NO2.ClH/c1-3-20-14(19)15(6-8-18(2)9-7-15)11-4-5-12(16)13(17)10-11;/h4-5,10H,3,6-9H2,1-2H3;1H. The van der Waals surface area contributed by atoms with Crippen molar-refractivity contribution in [3.8, 4) is 0 Å². The molecule has 0 N–H and O–H groups in total. The third-order valence-corrected chi connectivity index (χ3v) is 4.72. The Kier molecular flexibility index (Phi) is 6.79. The molecule has 0 amide bonds. The molecule has 0 radical (unpaired) electrons. The molecule has 118 valence electrons. The van der Waals surface area contributed by atoms with Gasteiger partial charge in [-0.25, -0.2) is 0 Å². The molecule has 0 bridgehead atoms. The van der Waals surface area contributed by atoms with Crippen LogP contribution in [0.25, 0.3) is 0 Å². The summed E-state index contributed by atoms with van der Waals surface area (Å²) in [5.41, 5.74) is 0.301. The van der Waals surface area contributed by atoms with Crippen LogP contribution in [0.4, 0.5) is 0 Å². The number of likely N-dealkylation sites (tertiary alicyclic amines) is 1. The van der Waals surface area contributed by atoms with E-state index in [-0.39, 0.29) is 18.4 Å². The second kappa shape index (κ2) is 7.68. The van der Waals surface area contributed by atoms with Gasteiger partial charge < -0.3 is 9.64 Å². The van der Waals surface area contributed by atoms with E-state index in [1.165, 1.54) is 0 Å². The highest BCUT2D eigenvalue weighted by molar-refractivity contribution is 6.42. The van der Waals surface area contributed by atoms with Crippen LogP contribution in [0, 0.1) is 0 Å². The average Bonchev–Trinajstić information content (AvgIpc) is 2.43. The van der Waals surface area contributed by atoms with E-state index < -0.39 is 5.41 Å². The normalized spacial score (nSPS) is 17.9. The van der Waals surface area contributed by atoms with Crippen molar-refractivity contribution in [1.29, 1.82) is 0 Å². The summed E-state index contributed by atoms with van der Waals surface area (Å²) in [4.78, 5) is 14.7. The van der Waals surface area contributed by atoms with Gasteiger partial charge in [-0.05, 0) is 57.6 Å². The van der Waals surface area contributed by atoms with Gasteiger partial charge in [-0.2, -0.15) is 0 Å². The Morgan fingerprint density at radius 2 is 1.90 bits per heavy atom. The maximum atomic E-state index is 12.5. The summed E-state index contributed by atoms with van der Waals surface area (Å²) in [6.07, 6.45) is 1.47. The summed E-state index contributed by atoms with van der Waals surface area (Å²) in [6.45, 7) is 3.94. The van der Waals surface area contributed by atoms with Crippen LogP contribution in [0.3, 0.4) is 0 Å².